The van der Waals surface area contributed by atoms with Gasteiger partial charge in [-0.05, 0) is 67.1 Å². The van der Waals surface area contributed by atoms with Crippen LogP contribution in [0.2, 0.25) is 5.02 Å². The minimum absolute atomic E-state index is 0.285. The molecule has 0 saturated heterocycles. The molecule has 4 rings (SSSR count). The van der Waals surface area contributed by atoms with E-state index in [4.69, 9.17) is 16.0 Å². The Morgan fingerprint density at radius 1 is 1.07 bits per heavy atom. The van der Waals surface area contributed by atoms with E-state index < -0.39 is 0 Å². The molecule has 4 nitrogen and oxygen atoms in total. The van der Waals surface area contributed by atoms with Gasteiger partial charge in [0.05, 0.1) is 11.8 Å². The molecule has 29 heavy (non-hydrogen) atoms. The summed E-state index contributed by atoms with van der Waals surface area (Å²) in [4.78, 5) is 17.2. The molecule has 4 aromatic rings. The van der Waals surface area contributed by atoms with E-state index in [1.165, 1.54) is 12.1 Å². The highest BCUT2D eigenvalue weighted by molar-refractivity contribution is 6.30. The van der Waals surface area contributed by atoms with Crippen LogP contribution in [0.4, 0.5) is 10.1 Å². The number of aromatic nitrogens is 1. The quantitative estimate of drug-likeness (QED) is 0.429. The minimum Gasteiger partial charge on any atom is -0.436 e. The van der Waals surface area contributed by atoms with Crippen molar-refractivity contribution in [1.82, 2.24) is 4.98 Å². The molecule has 6 heteroatoms. The summed E-state index contributed by atoms with van der Waals surface area (Å²) in [6, 6.07) is 18.3. The fourth-order valence-corrected chi connectivity index (χ4v) is 3.20. The zero-order valence-electron chi connectivity index (χ0n) is 15.4. The van der Waals surface area contributed by atoms with Gasteiger partial charge in [-0.25, -0.2) is 9.37 Å². The van der Waals surface area contributed by atoms with Crippen molar-refractivity contribution in [2.45, 2.75) is 6.92 Å². The first-order valence-electron chi connectivity index (χ1n) is 8.90. The third-order valence-electron chi connectivity index (χ3n) is 4.47. The molecule has 0 radical (unpaired) electrons. The summed E-state index contributed by atoms with van der Waals surface area (Å²) in [6.45, 7) is 1.87. The van der Waals surface area contributed by atoms with Gasteiger partial charge in [-0.2, -0.15) is 0 Å². The second kappa shape index (κ2) is 7.89. The van der Waals surface area contributed by atoms with Gasteiger partial charge in [0.25, 0.3) is 5.91 Å². The van der Waals surface area contributed by atoms with E-state index in [0.29, 0.717) is 39.1 Å². The Balaban J connectivity index is 1.65. The first-order valence-corrected chi connectivity index (χ1v) is 9.28. The van der Waals surface area contributed by atoms with Crippen molar-refractivity contribution in [3.8, 4) is 22.8 Å². The van der Waals surface area contributed by atoms with Crippen molar-refractivity contribution in [2.75, 3.05) is 5.32 Å². The molecular formula is C23H16ClFN2O2. The molecule has 0 fully saturated rings. The molecule has 1 heterocycles. The zero-order chi connectivity index (χ0) is 20.4. The molecule has 0 atom stereocenters. The number of carbonyl (C=O) groups is 1. The molecule has 0 aliphatic rings. The maximum atomic E-state index is 13.1. The first-order chi connectivity index (χ1) is 14.0. The Bertz CT molecular complexity index is 1190. The highest BCUT2D eigenvalue weighted by atomic mass is 35.5. The van der Waals surface area contributed by atoms with E-state index in [9.17, 15) is 9.18 Å². The lowest BCUT2D eigenvalue weighted by Gasteiger charge is -2.10. The van der Waals surface area contributed by atoms with Gasteiger partial charge in [-0.1, -0.05) is 23.7 Å². The van der Waals surface area contributed by atoms with E-state index in [-0.39, 0.29) is 11.7 Å². The lowest BCUT2D eigenvalue weighted by Crippen LogP contribution is -2.14. The summed E-state index contributed by atoms with van der Waals surface area (Å²) in [5.41, 5.74) is 3.22. The number of hydrogen-bond donors (Lipinski definition) is 1. The Morgan fingerprint density at radius 2 is 1.83 bits per heavy atom. The average molecular weight is 407 g/mol. The number of nitrogens with zero attached hydrogens (tertiary/aromatic N) is 1. The van der Waals surface area contributed by atoms with Crippen LogP contribution < -0.4 is 5.32 Å². The van der Waals surface area contributed by atoms with Crippen LogP contribution in [0, 0.1) is 12.7 Å². The number of carbonyl (C=O) groups excluding carboxylic acids is 1. The van der Waals surface area contributed by atoms with Crippen molar-refractivity contribution in [2.24, 2.45) is 0 Å². The molecule has 0 aliphatic carbocycles. The average Bonchev–Trinajstić information content (AvgIpc) is 3.20. The Hall–Kier alpha value is -3.44. The Morgan fingerprint density at radius 3 is 2.59 bits per heavy atom. The van der Waals surface area contributed by atoms with Crippen molar-refractivity contribution in [1.29, 1.82) is 0 Å². The van der Waals surface area contributed by atoms with Crippen LogP contribution in [0.5, 0.6) is 0 Å². The fraction of sp³-hybridized carbons (Fsp3) is 0.0435. The molecule has 0 unspecified atom stereocenters. The third kappa shape index (κ3) is 4.05. The second-order valence-electron chi connectivity index (χ2n) is 6.50. The van der Waals surface area contributed by atoms with Crippen molar-refractivity contribution >= 4 is 23.2 Å². The smallest absolute Gasteiger partial charge is 0.256 e. The summed E-state index contributed by atoms with van der Waals surface area (Å²) in [5, 5.41) is 3.51. The standard InChI is InChI=1S/C23H16ClFN2O2/c1-14-12-16(24)8-11-20(14)27-22(28)18-4-2-3-5-19(18)23-26-13-21(29-23)15-6-9-17(25)10-7-15/h2-13H,1H3,(H,27,28). The van der Waals surface area contributed by atoms with E-state index in [1.807, 2.05) is 6.92 Å². The highest BCUT2D eigenvalue weighted by Gasteiger charge is 2.17. The van der Waals surface area contributed by atoms with Crippen molar-refractivity contribution < 1.29 is 13.6 Å². The zero-order valence-corrected chi connectivity index (χ0v) is 16.2. The molecule has 0 aliphatic heterocycles. The molecule has 0 spiro atoms. The summed E-state index contributed by atoms with van der Waals surface area (Å²) in [7, 11) is 0. The summed E-state index contributed by atoms with van der Waals surface area (Å²) in [5.74, 6) is 0.187. The van der Waals surface area contributed by atoms with E-state index in [1.54, 1.807) is 60.8 Å². The van der Waals surface area contributed by atoms with Gasteiger partial charge in [0.1, 0.15) is 5.82 Å². The molecule has 0 saturated carbocycles. The maximum Gasteiger partial charge on any atom is 0.256 e. The van der Waals surface area contributed by atoms with E-state index in [0.717, 1.165) is 5.56 Å². The number of nitrogens with one attached hydrogen (secondary N) is 1. The number of rotatable bonds is 4. The Labute approximate surface area is 172 Å². The third-order valence-corrected chi connectivity index (χ3v) is 4.71. The minimum atomic E-state index is -0.326. The predicted molar refractivity (Wildman–Crippen MR) is 111 cm³/mol. The largest absolute Gasteiger partial charge is 0.436 e. The van der Waals surface area contributed by atoms with Crippen LogP contribution in [0.1, 0.15) is 15.9 Å². The number of hydrogen-bond acceptors (Lipinski definition) is 3. The van der Waals surface area contributed by atoms with Crippen LogP contribution in [0.15, 0.2) is 77.3 Å². The fourth-order valence-electron chi connectivity index (χ4n) is 2.97. The van der Waals surface area contributed by atoms with Crippen LogP contribution in [0.25, 0.3) is 22.8 Å². The Kier molecular flexibility index (Phi) is 5.14. The lowest BCUT2D eigenvalue weighted by molar-refractivity contribution is 0.102. The van der Waals surface area contributed by atoms with Gasteiger partial charge in [0.2, 0.25) is 5.89 Å². The van der Waals surface area contributed by atoms with Crippen LogP contribution >= 0.6 is 11.6 Å². The summed E-state index contributed by atoms with van der Waals surface area (Å²) in [6.07, 6.45) is 1.56. The monoisotopic (exact) mass is 406 g/mol. The van der Waals surface area contributed by atoms with E-state index >= 15 is 0 Å². The van der Waals surface area contributed by atoms with Crippen molar-refractivity contribution in [3.05, 3.63) is 94.9 Å². The SMILES string of the molecule is Cc1cc(Cl)ccc1NC(=O)c1ccccc1-c1ncc(-c2ccc(F)cc2)o1. The van der Waals surface area contributed by atoms with Gasteiger partial charge in [0.15, 0.2) is 5.76 Å². The summed E-state index contributed by atoms with van der Waals surface area (Å²) < 4.78 is 19.0. The van der Waals surface area contributed by atoms with Crippen LogP contribution in [-0.2, 0) is 0 Å². The molecular weight excluding hydrogens is 391 g/mol. The maximum absolute atomic E-state index is 13.1. The number of halogens is 2. The topological polar surface area (TPSA) is 55.1 Å². The van der Waals surface area contributed by atoms with Gasteiger partial charge in [-0.3, -0.25) is 4.79 Å². The van der Waals surface area contributed by atoms with Gasteiger partial charge in [0, 0.05) is 21.8 Å². The van der Waals surface area contributed by atoms with Crippen molar-refractivity contribution in [3.63, 3.8) is 0 Å². The van der Waals surface area contributed by atoms with Crippen LogP contribution in [0.3, 0.4) is 0 Å². The molecule has 1 N–H and O–H groups in total. The van der Waals surface area contributed by atoms with Gasteiger partial charge < -0.3 is 9.73 Å². The predicted octanol–water partition coefficient (Wildman–Crippen LogP) is 6.36. The van der Waals surface area contributed by atoms with Gasteiger partial charge in [-0.15, -0.1) is 0 Å². The molecule has 1 amide bonds. The molecule has 0 bridgehead atoms. The number of anilines is 1. The van der Waals surface area contributed by atoms with Crippen LogP contribution in [-0.4, -0.2) is 10.9 Å². The highest BCUT2D eigenvalue weighted by Crippen LogP contribution is 2.29. The normalized spacial score (nSPS) is 10.7. The summed E-state index contributed by atoms with van der Waals surface area (Å²) >= 11 is 5.98. The number of oxazole rings is 1. The lowest BCUT2D eigenvalue weighted by atomic mass is 10.1. The first kappa shape index (κ1) is 18.9. The molecule has 3 aromatic carbocycles. The van der Waals surface area contributed by atoms with E-state index in [2.05, 4.69) is 10.3 Å². The number of amides is 1. The molecule has 1 aromatic heterocycles. The molecule has 144 valence electrons. The number of benzene rings is 3. The second-order valence-corrected chi connectivity index (χ2v) is 6.93. The number of aryl methyl sites for hydroxylation is 1. The van der Waals surface area contributed by atoms with Gasteiger partial charge >= 0.3 is 0 Å².